The lowest BCUT2D eigenvalue weighted by molar-refractivity contribution is 0.373. The highest BCUT2D eigenvalue weighted by Crippen LogP contribution is 2.28. The number of anilines is 1. The van der Waals surface area contributed by atoms with Crippen molar-refractivity contribution in [2.45, 2.75) is 0 Å². The molecule has 68 valence electrons. The minimum atomic E-state index is 0. The van der Waals surface area contributed by atoms with E-state index in [9.17, 15) is 5.11 Å². The molecule has 1 rings (SSSR count). The van der Waals surface area contributed by atoms with Crippen LogP contribution >= 0.6 is 12.4 Å². The Labute approximate surface area is 77.8 Å². The number of benzene rings is 1. The Hall–Kier alpha value is -1.09. The van der Waals surface area contributed by atoms with E-state index in [1.807, 2.05) is 7.05 Å². The van der Waals surface area contributed by atoms with Crippen LogP contribution in [0.15, 0.2) is 18.2 Å². The van der Waals surface area contributed by atoms with Gasteiger partial charge in [-0.2, -0.15) is 0 Å². The summed E-state index contributed by atoms with van der Waals surface area (Å²) in [4.78, 5) is 0. The molecule has 0 heterocycles. The average Bonchev–Trinajstić information content (AvgIpc) is 2.05. The Balaban J connectivity index is 0.00000121. The van der Waals surface area contributed by atoms with Crippen LogP contribution in [0.3, 0.4) is 0 Å². The van der Waals surface area contributed by atoms with Crippen LogP contribution in [-0.4, -0.2) is 19.3 Å². The van der Waals surface area contributed by atoms with Gasteiger partial charge in [-0.3, -0.25) is 0 Å². The lowest BCUT2D eigenvalue weighted by Crippen LogP contribution is -1.89. The number of nitrogens with one attached hydrogen (secondary N) is 1. The summed E-state index contributed by atoms with van der Waals surface area (Å²) in [5.41, 5.74) is 0.916. The van der Waals surface area contributed by atoms with Gasteiger partial charge in [-0.1, -0.05) is 0 Å². The summed E-state index contributed by atoms with van der Waals surface area (Å²) in [6, 6.07) is 5.10. The number of ether oxygens (including phenoxy) is 1. The highest BCUT2D eigenvalue weighted by atomic mass is 35.5. The number of hydrogen-bond acceptors (Lipinski definition) is 3. The van der Waals surface area contributed by atoms with Crippen LogP contribution < -0.4 is 10.1 Å². The van der Waals surface area contributed by atoms with Crippen LogP contribution in [0.2, 0.25) is 0 Å². The second kappa shape index (κ2) is 4.72. The molecular formula is C8H12ClNO2. The summed E-state index contributed by atoms with van der Waals surface area (Å²) < 4.78 is 4.90. The van der Waals surface area contributed by atoms with Crippen molar-refractivity contribution in [1.82, 2.24) is 0 Å². The summed E-state index contributed by atoms with van der Waals surface area (Å²) in [7, 11) is 3.33. The number of methoxy groups -OCH3 is 1. The molecule has 0 aliphatic carbocycles. The van der Waals surface area contributed by atoms with E-state index in [0.717, 1.165) is 5.69 Å². The molecule has 0 aromatic heterocycles. The summed E-state index contributed by atoms with van der Waals surface area (Å²) in [5.74, 6) is 0.642. The Morgan fingerprint density at radius 2 is 2.08 bits per heavy atom. The molecule has 0 spiro atoms. The molecule has 0 amide bonds. The third-order valence-corrected chi connectivity index (χ3v) is 1.47. The minimum Gasteiger partial charge on any atom is -0.504 e. The molecule has 0 saturated carbocycles. The largest absolute Gasteiger partial charge is 0.504 e. The van der Waals surface area contributed by atoms with E-state index < -0.39 is 0 Å². The molecule has 0 bridgehead atoms. The summed E-state index contributed by atoms with van der Waals surface area (Å²) in [5, 5.41) is 12.1. The Bertz CT molecular complexity index is 253. The lowest BCUT2D eigenvalue weighted by Gasteiger charge is -2.05. The van der Waals surface area contributed by atoms with Gasteiger partial charge in [-0.15, -0.1) is 12.4 Å². The number of phenols is 1. The molecule has 12 heavy (non-hydrogen) atoms. The number of aromatic hydroxyl groups is 1. The van der Waals surface area contributed by atoms with E-state index in [-0.39, 0.29) is 18.2 Å². The number of rotatable bonds is 2. The monoisotopic (exact) mass is 189 g/mol. The Morgan fingerprint density at radius 3 is 2.58 bits per heavy atom. The summed E-state index contributed by atoms with van der Waals surface area (Å²) in [6.07, 6.45) is 0. The molecule has 0 aliphatic rings. The van der Waals surface area contributed by atoms with Crippen LogP contribution in [0, 0.1) is 0 Å². The van der Waals surface area contributed by atoms with E-state index in [1.165, 1.54) is 7.11 Å². The van der Waals surface area contributed by atoms with Gasteiger partial charge in [-0.25, -0.2) is 0 Å². The van der Waals surface area contributed by atoms with E-state index in [4.69, 9.17) is 4.74 Å². The molecule has 1 aromatic rings. The van der Waals surface area contributed by atoms with Crippen molar-refractivity contribution in [3.8, 4) is 11.5 Å². The molecular weight excluding hydrogens is 178 g/mol. The summed E-state index contributed by atoms with van der Waals surface area (Å²) in [6.45, 7) is 0. The zero-order valence-electron chi connectivity index (χ0n) is 7.00. The van der Waals surface area contributed by atoms with Gasteiger partial charge in [-0.05, 0) is 12.1 Å². The highest BCUT2D eigenvalue weighted by Gasteiger charge is 1.99. The third kappa shape index (κ3) is 2.20. The standard InChI is InChI=1S/C8H11NO2.ClH/c1-9-6-3-4-7(10)8(5-6)11-2;/h3-5,9-10H,1-2H3;1H. The van der Waals surface area contributed by atoms with Crippen LogP contribution in [0.25, 0.3) is 0 Å². The second-order valence-corrected chi connectivity index (χ2v) is 2.14. The van der Waals surface area contributed by atoms with Crippen LogP contribution in [0.4, 0.5) is 5.69 Å². The average molecular weight is 190 g/mol. The number of phenolic OH excluding ortho intramolecular Hbond substituents is 1. The van der Waals surface area contributed by atoms with Crippen molar-refractivity contribution >= 4 is 18.1 Å². The molecule has 0 aliphatic heterocycles. The van der Waals surface area contributed by atoms with Crippen molar-refractivity contribution in [2.24, 2.45) is 0 Å². The molecule has 3 nitrogen and oxygen atoms in total. The predicted molar refractivity (Wildman–Crippen MR) is 51.5 cm³/mol. The maximum atomic E-state index is 9.18. The first-order chi connectivity index (χ1) is 5.27. The number of hydrogen-bond donors (Lipinski definition) is 2. The van der Waals surface area contributed by atoms with Crippen molar-refractivity contribution in [1.29, 1.82) is 0 Å². The SMILES string of the molecule is CNc1ccc(O)c(OC)c1.Cl. The molecule has 0 atom stereocenters. The fourth-order valence-corrected chi connectivity index (χ4v) is 0.833. The van der Waals surface area contributed by atoms with Crippen molar-refractivity contribution in [3.63, 3.8) is 0 Å². The zero-order valence-corrected chi connectivity index (χ0v) is 7.81. The Kier molecular flexibility index (Phi) is 4.29. The van der Waals surface area contributed by atoms with E-state index in [2.05, 4.69) is 5.32 Å². The van der Waals surface area contributed by atoms with Crippen molar-refractivity contribution in [3.05, 3.63) is 18.2 Å². The fourth-order valence-electron chi connectivity index (χ4n) is 0.833. The number of halogens is 1. The van der Waals surface area contributed by atoms with Crippen LogP contribution in [0.5, 0.6) is 11.5 Å². The van der Waals surface area contributed by atoms with Gasteiger partial charge >= 0.3 is 0 Å². The molecule has 0 fully saturated rings. The predicted octanol–water partition coefficient (Wildman–Crippen LogP) is 1.86. The van der Waals surface area contributed by atoms with E-state index in [1.54, 1.807) is 18.2 Å². The lowest BCUT2D eigenvalue weighted by atomic mass is 10.3. The third-order valence-electron chi connectivity index (χ3n) is 1.47. The van der Waals surface area contributed by atoms with Gasteiger partial charge in [0, 0.05) is 18.8 Å². The highest BCUT2D eigenvalue weighted by molar-refractivity contribution is 5.85. The second-order valence-electron chi connectivity index (χ2n) is 2.14. The van der Waals surface area contributed by atoms with Gasteiger partial charge in [0.1, 0.15) is 0 Å². The molecule has 0 radical (unpaired) electrons. The van der Waals surface area contributed by atoms with E-state index in [0.29, 0.717) is 5.75 Å². The zero-order chi connectivity index (χ0) is 8.27. The molecule has 1 aromatic carbocycles. The maximum absolute atomic E-state index is 9.18. The van der Waals surface area contributed by atoms with Gasteiger partial charge in [0.25, 0.3) is 0 Å². The quantitative estimate of drug-likeness (QED) is 0.698. The first kappa shape index (κ1) is 10.9. The first-order valence-electron chi connectivity index (χ1n) is 3.32. The topological polar surface area (TPSA) is 41.5 Å². The maximum Gasteiger partial charge on any atom is 0.162 e. The molecule has 2 N–H and O–H groups in total. The molecule has 0 saturated heterocycles. The molecule has 4 heteroatoms. The Morgan fingerprint density at radius 1 is 1.42 bits per heavy atom. The fraction of sp³-hybridized carbons (Fsp3) is 0.250. The van der Waals surface area contributed by atoms with Gasteiger partial charge in [0.05, 0.1) is 7.11 Å². The minimum absolute atomic E-state index is 0. The smallest absolute Gasteiger partial charge is 0.162 e. The first-order valence-corrected chi connectivity index (χ1v) is 3.32. The molecule has 0 unspecified atom stereocenters. The van der Waals surface area contributed by atoms with Crippen molar-refractivity contribution in [2.75, 3.05) is 19.5 Å². The normalized spacial score (nSPS) is 8.50. The van der Waals surface area contributed by atoms with Gasteiger partial charge < -0.3 is 15.2 Å². The van der Waals surface area contributed by atoms with Crippen LogP contribution in [-0.2, 0) is 0 Å². The van der Waals surface area contributed by atoms with E-state index >= 15 is 0 Å². The van der Waals surface area contributed by atoms with Crippen molar-refractivity contribution < 1.29 is 9.84 Å². The van der Waals surface area contributed by atoms with Crippen LogP contribution in [0.1, 0.15) is 0 Å². The summed E-state index contributed by atoms with van der Waals surface area (Å²) >= 11 is 0. The van der Waals surface area contributed by atoms with Gasteiger partial charge in [0.15, 0.2) is 11.5 Å². The van der Waals surface area contributed by atoms with Gasteiger partial charge in [0.2, 0.25) is 0 Å².